The molecule has 82 valence electrons. The maximum absolute atomic E-state index is 5.74. The van der Waals surface area contributed by atoms with Crippen molar-refractivity contribution in [1.82, 2.24) is 0 Å². The lowest BCUT2D eigenvalue weighted by molar-refractivity contribution is 1.52. The predicted octanol–water partition coefficient (Wildman–Crippen LogP) is 3.36. The van der Waals surface area contributed by atoms with Crippen molar-refractivity contribution in [3.05, 3.63) is 46.9 Å². The summed E-state index contributed by atoms with van der Waals surface area (Å²) in [5.74, 6) is 0. The smallest absolute Gasteiger partial charge is 0.0568 e. The van der Waals surface area contributed by atoms with Gasteiger partial charge in [-0.05, 0) is 46.3 Å². The fraction of sp³-hybridized carbons (Fsp3) is 0. The van der Waals surface area contributed by atoms with E-state index < -0.39 is 0 Å². The van der Waals surface area contributed by atoms with Gasteiger partial charge in [0.2, 0.25) is 0 Å². The highest BCUT2D eigenvalue weighted by Crippen LogP contribution is 2.27. The third kappa shape index (κ3) is 2.28. The molecule has 0 saturated carbocycles. The molecule has 0 spiro atoms. The van der Waals surface area contributed by atoms with Crippen LogP contribution in [0.1, 0.15) is 0 Å². The highest BCUT2D eigenvalue weighted by Gasteiger charge is 2.00. The normalized spacial score (nSPS) is 10.1. The predicted molar refractivity (Wildman–Crippen MR) is 72.7 cm³/mol. The van der Waals surface area contributed by atoms with Gasteiger partial charge in [-0.15, -0.1) is 0 Å². The number of para-hydroxylation sites is 1. The number of nitrogens with one attached hydrogen (secondary N) is 1. The zero-order chi connectivity index (χ0) is 11.5. The summed E-state index contributed by atoms with van der Waals surface area (Å²) in [7, 11) is 0. The Morgan fingerprint density at radius 3 is 2.38 bits per heavy atom. The summed E-state index contributed by atoms with van der Waals surface area (Å²) >= 11 is 3.47. The van der Waals surface area contributed by atoms with Crippen molar-refractivity contribution in [3.63, 3.8) is 0 Å². The van der Waals surface area contributed by atoms with Crippen LogP contribution in [-0.2, 0) is 0 Å². The van der Waals surface area contributed by atoms with E-state index in [0.717, 1.165) is 15.8 Å². The fourth-order valence-corrected chi connectivity index (χ4v) is 1.75. The minimum atomic E-state index is 0.581. The van der Waals surface area contributed by atoms with Gasteiger partial charge in [0.15, 0.2) is 0 Å². The first-order chi connectivity index (χ1) is 7.66. The SMILES string of the molecule is Nc1ccc(Nc2ccccc2Br)cc1N. The van der Waals surface area contributed by atoms with Gasteiger partial charge in [-0.3, -0.25) is 0 Å². The number of benzene rings is 2. The first kappa shape index (κ1) is 10.8. The standard InChI is InChI=1S/C12H12BrN3/c13-9-3-1-2-4-12(9)16-8-5-6-10(14)11(15)7-8/h1-7,16H,14-15H2. The Labute approximate surface area is 103 Å². The molecule has 0 fully saturated rings. The number of rotatable bonds is 2. The lowest BCUT2D eigenvalue weighted by atomic mass is 10.2. The summed E-state index contributed by atoms with van der Waals surface area (Å²) in [4.78, 5) is 0. The molecule has 0 aromatic heterocycles. The Morgan fingerprint density at radius 2 is 1.69 bits per heavy atom. The van der Waals surface area contributed by atoms with Crippen LogP contribution in [0.25, 0.3) is 0 Å². The van der Waals surface area contributed by atoms with Crippen molar-refractivity contribution in [1.29, 1.82) is 0 Å². The van der Waals surface area contributed by atoms with Gasteiger partial charge in [-0.25, -0.2) is 0 Å². The summed E-state index contributed by atoms with van der Waals surface area (Å²) in [6, 6.07) is 13.4. The van der Waals surface area contributed by atoms with Crippen LogP contribution in [0.5, 0.6) is 0 Å². The average molecular weight is 278 g/mol. The molecule has 0 aliphatic heterocycles. The van der Waals surface area contributed by atoms with E-state index in [1.165, 1.54) is 0 Å². The Hall–Kier alpha value is -1.68. The molecule has 0 unspecified atom stereocenters. The van der Waals surface area contributed by atoms with Crippen molar-refractivity contribution in [2.75, 3.05) is 16.8 Å². The Morgan fingerprint density at radius 1 is 0.938 bits per heavy atom. The van der Waals surface area contributed by atoms with Crippen molar-refractivity contribution in [2.45, 2.75) is 0 Å². The highest BCUT2D eigenvalue weighted by atomic mass is 79.9. The second-order valence-corrected chi connectivity index (χ2v) is 4.30. The van der Waals surface area contributed by atoms with E-state index in [2.05, 4.69) is 21.2 Å². The maximum Gasteiger partial charge on any atom is 0.0568 e. The van der Waals surface area contributed by atoms with E-state index in [1.807, 2.05) is 36.4 Å². The van der Waals surface area contributed by atoms with E-state index in [-0.39, 0.29) is 0 Å². The molecule has 2 rings (SSSR count). The topological polar surface area (TPSA) is 64.1 Å². The Kier molecular flexibility index (Phi) is 3.01. The fourth-order valence-electron chi connectivity index (χ4n) is 1.37. The van der Waals surface area contributed by atoms with Crippen LogP contribution in [0, 0.1) is 0 Å². The van der Waals surface area contributed by atoms with Crippen LogP contribution in [0.3, 0.4) is 0 Å². The van der Waals surface area contributed by atoms with E-state index in [0.29, 0.717) is 11.4 Å². The van der Waals surface area contributed by atoms with E-state index in [4.69, 9.17) is 11.5 Å². The first-order valence-corrected chi connectivity index (χ1v) is 5.62. The van der Waals surface area contributed by atoms with Crippen LogP contribution in [-0.4, -0.2) is 0 Å². The van der Waals surface area contributed by atoms with Gasteiger partial charge in [-0.1, -0.05) is 12.1 Å². The third-order valence-corrected chi connectivity index (χ3v) is 2.93. The van der Waals surface area contributed by atoms with E-state index in [1.54, 1.807) is 6.07 Å². The number of nitrogens with two attached hydrogens (primary N) is 2. The quantitative estimate of drug-likeness (QED) is 0.738. The summed E-state index contributed by atoms with van der Waals surface area (Å²) < 4.78 is 1.00. The molecule has 5 N–H and O–H groups in total. The van der Waals surface area contributed by atoms with E-state index in [9.17, 15) is 0 Å². The molecule has 2 aromatic rings. The van der Waals surface area contributed by atoms with Gasteiger partial charge < -0.3 is 16.8 Å². The van der Waals surface area contributed by atoms with Crippen molar-refractivity contribution in [2.24, 2.45) is 0 Å². The van der Waals surface area contributed by atoms with Gasteiger partial charge in [0, 0.05) is 10.2 Å². The Balaban J connectivity index is 2.28. The molecule has 3 nitrogen and oxygen atoms in total. The van der Waals surface area contributed by atoms with Crippen LogP contribution in [0.4, 0.5) is 22.7 Å². The number of halogens is 1. The summed E-state index contributed by atoms with van der Waals surface area (Å²) in [6.45, 7) is 0. The maximum atomic E-state index is 5.74. The zero-order valence-corrected chi connectivity index (χ0v) is 10.2. The largest absolute Gasteiger partial charge is 0.397 e. The van der Waals surface area contributed by atoms with Crippen molar-refractivity contribution >= 4 is 38.7 Å². The van der Waals surface area contributed by atoms with Crippen LogP contribution < -0.4 is 16.8 Å². The second-order valence-electron chi connectivity index (χ2n) is 3.45. The molecule has 4 heteroatoms. The van der Waals surface area contributed by atoms with Crippen LogP contribution >= 0.6 is 15.9 Å². The lowest BCUT2D eigenvalue weighted by Gasteiger charge is -2.09. The molecule has 0 aliphatic carbocycles. The van der Waals surface area contributed by atoms with Gasteiger partial charge in [-0.2, -0.15) is 0 Å². The average Bonchev–Trinajstić information content (AvgIpc) is 2.27. The molecule has 0 heterocycles. The molecule has 0 saturated heterocycles. The van der Waals surface area contributed by atoms with Crippen LogP contribution in [0.15, 0.2) is 46.9 Å². The molecule has 0 aliphatic rings. The van der Waals surface area contributed by atoms with Gasteiger partial charge >= 0.3 is 0 Å². The summed E-state index contributed by atoms with van der Waals surface area (Å²) in [5.41, 5.74) is 14.5. The van der Waals surface area contributed by atoms with Crippen molar-refractivity contribution in [3.8, 4) is 0 Å². The Bertz CT molecular complexity index is 511. The number of hydrogen-bond acceptors (Lipinski definition) is 3. The van der Waals surface area contributed by atoms with E-state index >= 15 is 0 Å². The lowest BCUT2D eigenvalue weighted by Crippen LogP contribution is -1.97. The second kappa shape index (κ2) is 4.45. The number of anilines is 4. The minimum Gasteiger partial charge on any atom is -0.397 e. The molecular formula is C12H12BrN3. The monoisotopic (exact) mass is 277 g/mol. The van der Waals surface area contributed by atoms with Gasteiger partial charge in [0.1, 0.15) is 0 Å². The highest BCUT2D eigenvalue weighted by molar-refractivity contribution is 9.10. The molecule has 16 heavy (non-hydrogen) atoms. The minimum absolute atomic E-state index is 0.581. The third-order valence-electron chi connectivity index (χ3n) is 2.24. The molecular weight excluding hydrogens is 266 g/mol. The summed E-state index contributed by atoms with van der Waals surface area (Å²) in [6.07, 6.45) is 0. The first-order valence-electron chi connectivity index (χ1n) is 4.83. The zero-order valence-electron chi connectivity index (χ0n) is 8.57. The molecule has 0 bridgehead atoms. The molecule has 0 amide bonds. The molecule has 0 radical (unpaired) electrons. The van der Waals surface area contributed by atoms with Crippen LogP contribution in [0.2, 0.25) is 0 Å². The molecule has 2 aromatic carbocycles. The summed E-state index contributed by atoms with van der Waals surface area (Å²) in [5, 5.41) is 3.26. The van der Waals surface area contributed by atoms with Crippen molar-refractivity contribution < 1.29 is 0 Å². The molecule has 0 atom stereocenters. The van der Waals surface area contributed by atoms with Gasteiger partial charge in [0.05, 0.1) is 17.1 Å². The number of nitrogen functional groups attached to an aromatic ring is 2. The number of hydrogen-bond donors (Lipinski definition) is 3. The van der Waals surface area contributed by atoms with Gasteiger partial charge in [0.25, 0.3) is 0 Å².